The number of aromatic nitrogens is 2. The minimum Gasteiger partial charge on any atom is -0.392 e. The molecule has 0 radical (unpaired) electrons. The molecular weight excluding hydrogens is 286 g/mol. The minimum atomic E-state index is -3.66. The predicted molar refractivity (Wildman–Crippen MR) is 72.1 cm³/mol. The highest BCUT2D eigenvalue weighted by atomic mass is 32.2. The summed E-state index contributed by atoms with van der Waals surface area (Å²) in [6.45, 7) is 2.09. The third-order valence-electron chi connectivity index (χ3n) is 2.71. The maximum Gasteiger partial charge on any atom is 0.260 e. The molecule has 0 amide bonds. The van der Waals surface area contributed by atoms with Crippen LogP contribution in [0.4, 0.5) is 0 Å². The van der Waals surface area contributed by atoms with E-state index in [2.05, 4.69) is 10.2 Å². The van der Waals surface area contributed by atoms with Crippen LogP contribution in [-0.2, 0) is 23.2 Å². The van der Waals surface area contributed by atoms with E-state index in [0.29, 0.717) is 13.1 Å². The second kappa shape index (κ2) is 5.83. The number of hydrogen-bond donors (Lipinski definition) is 2. The van der Waals surface area contributed by atoms with Gasteiger partial charge >= 0.3 is 0 Å². The largest absolute Gasteiger partial charge is 0.392 e. The molecule has 2 heterocycles. The molecule has 6 nitrogen and oxygen atoms in total. The summed E-state index contributed by atoms with van der Waals surface area (Å²) in [5.74, 6) is 0. The van der Waals surface area contributed by atoms with Crippen LogP contribution in [0, 0.1) is 0 Å². The molecule has 2 aromatic rings. The van der Waals surface area contributed by atoms with Crippen molar-refractivity contribution in [2.45, 2.75) is 25.1 Å². The van der Waals surface area contributed by atoms with E-state index < -0.39 is 10.0 Å². The normalized spacial score (nSPS) is 12.2. The van der Waals surface area contributed by atoms with Crippen LogP contribution in [-0.4, -0.2) is 34.6 Å². The summed E-state index contributed by atoms with van der Waals surface area (Å²) in [5.41, 5.74) is 0.282. The van der Waals surface area contributed by atoms with Crippen LogP contribution in [0.15, 0.2) is 28.7 Å². The molecule has 2 N–H and O–H groups in total. The van der Waals surface area contributed by atoms with Crippen LogP contribution < -0.4 is 0 Å². The molecule has 0 aromatic carbocycles. The minimum absolute atomic E-state index is 0.0339. The van der Waals surface area contributed by atoms with Crippen molar-refractivity contribution in [3.8, 4) is 0 Å². The summed E-state index contributed by atoms with van der Waals surface area (Å²) in [6.07, 6.45) is 1.33. The zero-order chi connectivity index (χ0) is 13.9. The summed E-state index contributed by atoms with van der Waals surface area (Å²) in [7, 11) is -3.66. The SMILES string of the molecule is CCN(Cc1cccs1)S(=O)(=O)c1[nH]ncc1CO. The predicted octanol–water partition coefficient (Wildman–Crippen LogP) is 1.17. The highest BCUT2D eigenvalue weighted by Gasteiger charge is 2.27. The Balaban J connectivity index is 2.31. The molecule has 2 aromatic heterocycles. The van der Waals surface area contributed by atoms with Crippen molar-refractivity contribution in [2.75, 3.05) is 6.54 Å². The van der Waals surface area contributed by atoms with E-state index in [0.717, 1.165) is 4.88 Å². The first kappa shape index (κ1) is 14.2. The number of aliphatic hydroxyl groups is 1. The number of aliphatic hydroxyl groups excluding tert-OH is 1. The van der Waals surface area contributed by atoms with Gasteiger partial charge in [-0.15, -0.1) is 11.3 Å². The molecule has 0 aliphatic carbocycles. The Morgan fingerprint density at radius 2 is 2.32 bits per heavy atom. The number of nitrogens with one attached hydrogen (secondary N) is 1. The van der Waals surface area contributed by atoms with Crippen LogP contribution in [0.3, 0.4) is 0 Å². The van der Waals surface area contributed by atoms with Gasteiger partial charge in [0.15, 0.2) is 5.03 Å². The molecule has 0 unspecified atom stereocenters. The quantitative estimate of drug-likeness (QED) is 0.838. The Labute approximate surface area is 115 Å². The summed E-state index contributed by atoms with van der Waals surface area (Å²) < 4.78 is 26.3. The van der Waals surface area contributed by atoms with Crippen molar-refractivity contribution in [3.05, 3.63) is 34.2 Å². The zero-order valence-electron chi connectivity index (χ0n) is 10.4. The molecule has 0 bridgehead atoms. The van der Waals surface area contributed by atoms with E-state index in [1.165, 1.54) is 21.8 Å². The van der Waals surface area contributed by atoms with Gasteiger partial charge in [-0.1, -0.05) is 13.0 Å². The Kier molecular flexibility index (Phi) is 4.35. The van der Waals surface area contributed by atoms with E-state index >= 15 is 0 Å². The van der Waals surface area contributed by atoms with Gasteiger partial charge in [-0.05, 0) is 11.4 Å². The maximum absolute atomic E-state index is 12.5. The van der Waals surface area contributed by atoms with Gasteiger partial charge in [-0.25, -0.2) is 8.42 Å². The first-order valence-electron chi connectivity index (χ1n) is 5.75. The molecule has 0 saturated heterocycles. The highest BCUT2D eigenvalue weighted by Crippen LogP contribution is 2.21. The first-order chi connectivity index (χ1) is 9.09. The van der Waals surface area contributed by atoms with E-state index in [1.807, 2.05) is 17.5 Å². The van der Waals surface area contributed by atoms with E-state index in [1.54, 1.807) is 6.92 Å². The van der Waals surface area contributed by atoms with Gasteiger partial charge < -0.3 is 5.11 Å². The van der Waals surface area contributed by atoms with Crippen molar-refractivity contribution in [1.29, 1.82) is 0 Å². The van der Waals surface area contributed by atoms with Gasteiger partial charge in [0.25, 0.3) is 10.0 Å². The van der Waals surface area contributed by atoms with Gasteiger partial charge in [0, 0.05) is 23.5 Å². The Hall–Kier alpha value is -1.22. The Bertz CT molecular complexity index is 619. The molecule has 0 saturated carbocycles. The highest BCUT2D eigenvalue weighted by molar-refractivity contribution is 7.89. The van der Waals surface area contributed by atoms with Crippen molar-refractivity contribution >= 4 is 21.4 Å². The molecule has 0 aliphatic heterocycles. The molecule has 8 heteroatoms. The van der Waals surface area contributed by atoms with E-state index in [4.69, 9.17) is 5.11 Å². The van der Waals surface area contributed by atoms with Gasteiger partial charge in [0.05, 0.1) is 12.8 Å². The lowest BCUT2D eigenvalue weighted by Gasteiger charge is -2.19. The monoisotopic (exact) mass is 301 g/mol. The fourth-order valence-electron chi connectivity index (χ4n) is 1.71. The van der Waals surface area contributed by atoms with Crippen molar-refractivity contribution in [1.82, 2.24) is 14.5 Å². The summed E-state index contributed by atoms with van der Waals surface area (Å²) in [6, 6.07) is 3.78. The van der Waals surface area contributed by atoms with Crippen LogP contribution in [0.1, 0.15) is 17.4 Å². The molecule has 19 heavy (non-hydrogen) atoms. The summed E-state index contributed by atoms with van der Waals surface area (Å²) >= 11 is 1.51. The van der Waals surface area contributed by atoms with E-state index in [9.17, 15) is 8.42 Å². The Morgan fingerprint density at radius 1 is 1.53 bits per heavy atom. The zero-order valence-corrected chi connectivity index (χ0v) is 12.0. The first-order valence-corrected chi connectivity index (χ1v) is 8.07. The van der Waals surface area contributed by atoms with Crippen LogP contribution in [0.5, 0.6) is 0 Å². The second-order valence-electron chi connectivity index (χ2n) is 3.89. The number of aromatic amines is 1. The average Bonchev–Trinajstić information content (AvgIpc) is 3.06. The fraction of sp³-hybridized carbons (Fsp3) is 0.364. The number of thiophene rings is 1. The molecule has 0 fully saturated rings. The second-order valence-corrected chi connectivity index (χ2v) is 6.80. The lowest BCUT2D eigenvalue weighted by atomic mass is 10.4. The number of hydrogen-bond acceptors (Lipinski definition) is 5. The molecule has 0 spiro atoms. The lowest BCUT2D eigenvalue weighted by Crippen LogP contribution is -2.31. The summed E-state index contributed by atoms with van der Waals surface area (Å²) in [5, 5.41) is 17.2. The van der Waals surface area contributed by atoms with Gasteiger partial charge in [0.2, 0.25) is 0 Å². The molecule has 0 atom stereocenters. The smallest absolute Gasteiger partial charge is 0.260 e. The molecule has 0 aliphatic rings. The maximum atomic E-state index is 12.5. The topological polar surface area (TPSA) is 86.3 Å². The van der Waals surface area contributed by atoms with Crippen molar-refractivity contribution in [2.24, 2.45) is 0 Å². The number of H-pyrrole nitrogens is 1. The standard InChI is InChI=1S/C11H15N3O3S2/c1-2-14(7-10-4-3-5-18-10)19(16,17)11-9(8-15)6-12-13-11/h3-6,15H,2,7-8H2,1H3,(H,12,13). The lowest BCUT2D eigenvalue weighted by molar-refractivity contribution is 0.278. The van der Waals surface area contributed by atoms with Crippen molar-refractivity contribution in [3.63, 3.8) is 0 Å². The third kappa shape index (κ3) is 2.86. The molecule has 2 rings (SSSR count). The molecule has 104 valence electrons. The van der Waals surface area contributed by atoms with Crippen LogP contribution in [0.25, 0.3) is 0 Å². The van der Waals surface area contributed by atoms with E-state index in [-0.39, 0.29) is 17.2 Å². The molecular formula is C11H15N3O3S2. The van der Waals surface area contributed by atoms with Crippen LogP contribution >= 0.6 is 11.3 Å². The number of rotatable bonds is 6. The number of nitrogens with zero attached hydrogens (tertiary/aromatic N) is 2. The van der Waals surface area contributed by atoms with Gasteiger partial charge in [-0.2, -0.15) is 9.40 Å². The Morgan fingerprint density at radius 3 is 2.89 bits per heavy atom. The van der Waals surface area contributed by atoms with Gasteiger partial charge in [0.1, 0.15) is 0 Å². The average molecular weight is 301 g/mol. The number of sulfonamides is 1. The van der Waals surface area contributed by atoms with Crippen LogP contribution in [0.2, 0.25) is 0 Å². The fourth-order valence-corrected chi connectivity index (χ4v) is 4.03. The van der Waals surface area contributed by atoms with Gasteiger partial charge in [-0.3, -0.25) is 5.10 Å². The van der Waals surface area contributed by atoms with Crippen molar-refractivity contribution < 1.29 is 13.5 Å². The third-order valence-corrected chi connectivity index (χ3v) is 5.51. The summed E-state index contributed by atoms with van der Waals surface area (Å²) in [4.78, 5) is 0.968.